The second-order valence-corrected chi connectivity index (χ2v) is 14.6. The van der Waals surface area contributed by atoms with E-state index < -0.39 is 40.5 Å². The van der Waals surface area contributed by atoms with Crippen molar-refractivity contribution in [2.24, 2.45) is 34.0 Å². The van der Waals surface area contributed by atoms with Crippen LogP contribution in [-0.2, 0) is 19.9 Å². The number of ether oxygens (including phenoxy) is 1. The molecule has 4 N–H and O–H groups in total. The maximum atomic E-state index is 14.4. The standard InChI is InChI=1S/C32H41ClN2O6/c1-17-6-9-22-29(2,11-10-25(37)30(22,3)16-36)19(17)14-23-31(26(38)15-41-28(31)40)24-5-4-12-35(24)32(23)20-13-18(33)7-8-21(20)34-27(32)39/h7-8,13,19,22-26,36-38H,1,4-6,9-12,14-16H2,2-3H3,(H,34,39)/t19-,22+,23?,24?,25-,26+,29+,30+,31-,32+/m1/s1. The molecule has 1 aromatic rings. The highest BCUT2D eigenvalue weighted by atomic mass is 35.5. The summed E-state index contributed by atoms with van der Waals surface area (Å²) in [6.07, 6.45) is 3.19. The molecule has 7 rings (SSSR count). The van der Waals surface area contributed by atoms with Crippen LogP contribution >= 0.6 is 11.6 Å². The van der Waals surface area contributed by atoms with E-state index >= 15 is 0 Å². The van der Waals surface area contributed by atoms with Crippen molar-refractivity contribution in [3.05, 3.63) is 40.9 Å². The second-order valence-electron chi connectivity index (χ2n) is 14.1. The van der Waals surface area contributed by atoms with Gasteiger partial charge in [0.2, 0.25) is 5.91 Å². The molecule has 0 radical (unpaired) electrons. The summed E-state index contributed by atoms with van der Waals surface area (Å²) >= 11 is 6.56. The van der Waals surface area contributed by atoms with Crippen LogP contribution in [0.15, 0.2) is 30.4 Å². The molecule has 4 aliphatic heterocycles. The van der Waals surface area contributed by atoms with Crippen molar-refractivity contribution in [1.82, 2.24) is 4.90 Å². The minimum Gasteiger partial charge on any atom is -0.462 e. The van der Waals surface area contributed by atoms with Crippen LogP contribution in [0.25, 0.3) is 0 Å². The van der Waals surface area contributed by atoms with E-state index in [1.54, 1.807) is 6.07 Å². The molecule has 1 amide bonds. The Hall–Kier alpha value is -1.97. The molecule has 0 bridgehead atoms. The van der Waals surface area contributed by atoms with Crippen LogP contribution in [0.5, 0.6) is 0 Å². The third-order valence-electron chi connectivity index (χ3n) is 12.8. The first-order valence-corrected chi connectivity index (χ1v) is 15.5. The number of nitrogens with zero attached hydrogens (tertiary/aromatic N) is 1. The minimum absolute atomic E-state index is 0.0342. The van der Waals surface area contributed by atoms with Crippen LogP contribution < -0.4 is 5.32 Å². The van der Waals surface area contributed by atoms with Gasteiger partial charge in [0, 0.05) is 33.6 Å². The van der Waals surface area contributed by atoms with Gasteiger partial charge in [0.05, 0.1) is 12.7 Å². The molecule has 2 saturated carbocycles. The van der Waals surface area contributed by atoms with Gasteiger partial charge in [-0.15, -0.1) is 0 Å². The fraction of sp³-hybridized carbons (Fsp3) is 0.688. The molecule has 9 heteroatoms. The maximum absolute atomic E-state index is 14.4. The summed E-state index contributed by atoms with van der Waals surface area (Å²) in [5.74, 6) is -1.25. The monoisotopic (exact) mass is 584 g/mol. The Morgan fingerprint density at radius 3 is 2.66 bits per heavy atom. The lowest BCUT2D eigenvalue weighted by atomic mass is 9.44. The zero-order valence-electron chi connectivity index (χ0n) is 23.9. The molecule has 41 heavy (non-hydrogen) atoms. The molecule has 1 aromatic carbocycles. The first kappa shape index (κ1) is 27.8. The molecule has 222 valence electrons. The van der Waals surface area contributed by atoms with Gasteiger partial charge in [0.1, 0.15) is 23.7 Å². The number of amides is 1. The summed E-state index contributed by atoms with van der Waals surface area (Å²) < 4.78 is 5.64. The number of anilines is 1. The minimum atomic E-state index is -1.27. The summed E-state index contributed by atoms with van der Waals surface area (Å²) in [6.45, 7) is 9.21. The number of aliphatic hydroxyl groups excluding tert-OH is 3. The van der Waals surface area contributed by atoms with Crippen LogP contribution in [0.4, 0.5) is 5.69 Å². The maximum Gasteiger partial charge on any atom is 0.316 e. The third kappa shape index (κ3) is 3.21. The Labute approximate surface area is 246 Å². The highest BCUT2D eigenvalue weighted by Crippen LogP contribution is 2.70. The topological polar surface area (TPSA) is 119 Å². The van der Waals surface area contributed by atoms with E-state index in [2.05, 4.69) is 23.7 Å². The van der Waals surface area contributed by atoms with Crippen LogP contribution in [-0.4, -0.2) is 70.1 Å². The number of carbonyl (C=O) groups is 2. The lowest BCUT2D eigenvalue weighted by molar-refractivity contribution is -0.161. The van der Waals surface area contributed by atoms with Gasteiger partial charge in [-0.2, -0.15) is 0 Å². The summed E-state index contributed by atoms with van der Waals surface area (Å²) in [6, 6.07) is 5.09. The van der Waals surface area contributed by atoms with Crippen molar-refractivity contribution in [3.63, 3.8) is 0 Å². The average Bonchev–Trinajstić information content (AvgIpc) is 3.66. The van der Waals surface area contributed by atoms with Crippen molar-refractivity contribution < 1.29 is 29.6 Å². The van der Waals surface area contributed by atoms with Crippen molar-refractivity contribution in [1.29, 1.82) is 0 Å². The summed E-state index contributed by atoms with van der Waals surface area (Å²) in [7, 11) is 0. The van der Waals surface area contributed by atoms with Crippen molar-refractivity contribution in [3.8, 4) is 0 Å². The summed E-state index contributed by atoms with van der Waals surface area (Å²) in [5, 5.41) is 37.0. The molecule has 3 saturated heterocycles. The number of allylic oxidation sites excluding steroid dienone is 1. The van der Waals surface area contributed by atoms with Crippen molar-refractivity contribution in [2.45, 2.75) is 82.6 Å². The Morgan fingerprint density at radius 2 is 1.95 bits per heavy atom. The fourth-order valence-electron chi connectivity index (χ4n) is 10.9. The van der Waals surface area contributed by atoms with Gasteiger partial charge in [-0.1, -0.05) is 37.6 Å². The number of cyclic esters (lactones) is 1. The SMILES string of the molecule is C=C1CC[C@@H]2[C@](C)(CO)[C@H](O)CC[C@@]2(C)[C@@H]1CC1[C@@]2(C(=O)OC[C@@H]2O)C2CCCN2[C@]12C(=O)Nc1ccc(Cl)cc12. The average molecular weight is 585 g/mol. The van der Waals surface area contributed by atoms with E-state index in [4.69, 9.17) is 16.3 Å². The van der Waals surface area contributed by atoms with Crippen molar-refractivity contribution >= 4 is 29.2 Å². The van der Waals surface area contributed by atoms with Crippen LogP contribution in [0.3, 0.4) is 0 Å². The van der Waals surface area contributed by atoms with E-state index in [1.165, 1.54) is 0 Å². The Kier molecular flexibility index (Phi) is 6.13. The van der Waals surface area contributed by atoms with Gasteiger partial charge in [-0.25, -0.2) is 0 Å². The number of halogens is 1. The predicted molar refractivity (Wildman–Crippen MR) is 153 cm³/mol. The van der Waals surface area contributed by atoms with Crippen LogP contribution in [0.1, 0.15) is 64.4 Å². The Balaban J connectivity index is 1.43. The van der Waals surface area contributed by atoms with Gasteiger partial charge in [0.15, 0.2) is 0 Å². The lowest BCUT2D eigenvalue weighted by Crippen LogP contribution is -2.59. The highest BCUT2D eigenvalue weighted by molar-refractivity contribution is 6.31. The highest BCUT2D eigenvalue weighted by Gasteiger charge is 2.79. The Morgan fingerprint density at radius 1 is 1.17 bits per heavy atom. The molecule has 5 fully saturated rings. The largest absolute Gasteiger partial charge is 0.462 e. The molecule has 2 spiro atoms. The third-order valence-corrected chi connectivity index (χ3v) is 13.0. The van der Waals surface area contributed by atoms with Gasteiger partial charge in [0.25, 0.3) is 0 Å². The van der Waals surface area contributed by atoms with Gasteiger partial charge >= 0.3 is 5.97 Å². The zero-order chi connectivity index (χ0) is 29.1. The first-order valence-electron chi connectivity index (χ1n) is 15.2. The number of nitrogens with one attached hydrogen (secondary N) is 1. The number of carbonyl (C=O) groups excluding carboxylic acids is 2. The molecule has 6 aliphatic rings. The molecule has 8 nitrogen and oxygen atoms in total. The first-order chi connectivity index (χ1) is 19.5. The molecule has 0 aromatic heterocycles. The van der Waals surface area contributed by atoms with Crippen LogP contribution in [0.2, 0.25) is 5.02 Å². The van der Waals surface area contributed by atoms with Gasteiger partial charge in [-0.05, 0) is 86.9 Å². The molecule has 4 heterocycles. The van der Waals surface area contributed by atoms with Gasteiger partial charge < -0.3 is 25.4 Å². The fourth-order valence-corrected chi connectivity index (χ4v) is 11.1. The number of aliphatic hydroxyl groups is 3. The zero-order valence-corrected chi connectivity index (χ0v) is 24.6. The molecular weight excluding hydrogens is 544 g/mol. The molecule has 10 atom stereocenters. The quantitative estimate of drug-likeness (QED) is 0.316. The number of esters is 1. The molecule has 2 aliphatic carbocycles. The van der Waals surface area contributed by atoms with Gasteiger partial charge in [-0.3, -0.25) is 14.5 Å². The van der Waals surface area contributed by atoms with Crippen molar-refractivity contribution in [2.75, 3.05) is 25.1 Å². The second kappa shape index (κ2) is 9.02. The van der Waals surface area contributed by atoms with E-state index in [-0.39, 0.29) is 42.4 Å². The number of hydrogen-bond acceptors (Lipinski definition) is 7. The number of benzene rings is 1. The smallest absolute Gasteiger partial charge is 0.316 e. The lowest BCUT2D eigenvalue weighted by Gasteiger charge is -2.60. The van der Waals surface area contributed by atoms with E-state index in [0.717, 1.165) is 36.8 Å². The number of fused-ring (bicyclic) bond motifs is 6. The summed E-state index contributed by atoms with van der Waals surface area (Å²) in [4.78, 5) is 30.6. The molecular formula is C32H41ClN2O6. The predicted octanol–water partition coefficient (Wildman–Crippen LogP) is 3.62. The number of hydrogen-bond donors (Lipinski definition) is 4. The number of rotatable bonds is 3. The Bertz CT molecular complexity index is 1340. The summed E-state index contributed by atoms with van der Waals surface area (Å²) in [5.41, 5.74) is -0.913. The van der Waals surface area contributed by atoms with E-state index in [0.29, 0.717) is 36.5 Å². The van der Waals surface area contributed by atoms with Crippen LogP contribution in [0, 0.1) is 34.0 Å². The van der Waals surface area contributed by atoms with E-state index in [9.17, 15) is 24.9 Å². The molecule has 2 unspecified atom stereocenters. The van der Waals surface area contributed by atoms with E-state index in [1.807, 2.05) is 19.1 Å². The normalized spacial score (nSPS) is 47.0.